The van der Waals surface area contributed by atoms with Crippen molar-refractivity contribution in [3.63, 3.8) is 0 Å². The summed E-state index contributed by atoms with van der Waals surface area (Å²) in [4.78, 5) is 0. The van der Waals surface area contributed by atoms with Crippen molar-refractivity contribution in [2.75, 3.05) is 0 Å². The van der Waals surface area contributed by atoms with Gasteiger partial charge in [0, 0.05) is 0 Å². The van der Waals surface area contributed by atoms with E-state index in [0.29, 0.717) is 12.8 Å². The van der Waals surface area contributed by atoms with Crippen LogP contribution in [0.1, 0.15) is 33.1 Å². The summed E-state index contributed by atoms with van der Waals surface area (Å²) in [6.45, 7) is 3.05. The molecule has 0 aliphatic heterocycles. The molecule has 0 spiro atoms. The van der Waals surface area contributed by atoms with Crippen LogP contribution in [0, 0.1) is 0 Å². The van der Waals surface area contributed by atoms with E-state index in [1.165, 1.54) is 6.92 Å². The van der Waals surface area contributed by atoms with E-state index in [9.17, 15) is 15.3 Å². The summed E-state index contributed by atoms with van der Waals surface area (Å²) in [6, 6.07) is 0. The van der Waals surface area contributed by atoms with Gasteiger partial charge in [0.2, 0.25) is 0 Å². The van der Waals surface area contributed by atoms with Gasteiger partial charge in [0.1, 0.15) is 5.60 Å². The van der Waals surface area contributed by atoms with Crippen LogP contribution in [-0.4, -0.2) is 32.6 Å². The van der Waals surface area contributed by atoms with Gasteiger partial charge in [-0.2, -0.15) is 0 Å². The van der Waals surface area contributed by atoms with Crippen molar-refractivity contribution in [3.8, 4) is 0 Å². The first kappa shape index (κ1) is 8.97. The predicted molar refractivity (Wildman–Crippen MR) is 41.1 cm³/mol. The van der Waals surface area contributed by atoms with Crippen molar-refractivity contribution >= 4 is 0 Å². The minimum atomic E-state index is -1.36. The fourth-order valence-corrected chi connectivity index (χ4v) is 1.53. The number of aliphatic hydroxyl groups excluding tert-OH is 1. The van der Waals surface area contributed by atoms with Crippen LogP contribution in [0.2, 0.25) is 0 Å². The summed E-state index contributed by atoms with van der Waals surface area (Å²) < 4.78 is 0. The number of hydrogen-bond donors (Lipinski definition) is 3. The van der Waals surface area contributed by atoms with Crippen LogP contribution in [-0.2, 0) is 0 Å². The topological polar surface area (TPSA) is 60.7 Å². The number of rotatable bonds is 0. The lowest BCUT2D eigenvalue weighted by Crippen LogP contribution is -2.60. The first-order chi connectivity index (χ1) is 4.88. The minimum Gasteiger partial charge on any atom is -0.390 e. The van der Waals surface area contributed by atoms with Crippen molar-refractivity contribution < 1.29 is 15.3 Å². The first-order valence-corrected chi connectivity index (χ1v) is 4.01. The molecule has 1 rings (SSSR count). The highest BCUT2D eigenvalue weighted by atomic mass is 16.4. The van der Waals surface area contributed by atoms with Crippen LogP contribution in [0.4, 0.5) is 0 Å². The molecule has 0 aromatic carbocycles. The van der Waals surface area contributed by atoms with Gasteiger partial charge in [-0.15, -0.1) is 0 Å². The number of aliphatic hydroxyl groups is 3. The largest absolute Gasteiger partial charge is 0.390 e. The maximum atomic E-state index is 9.67. The molecule has 0 bridgehead atoms. The molecule has 3 unspecified atom stereocenters. The van der Waals surface area contributed by atoms with E-state index in [1.807, 2.05) is 0 Å². The summed E-state index contributed by atoms with van der Waals surface area (Å²) in [5.74, 6) is 0. The molecule has 1 aliphatic carbocycles. The third-order valence-corrected chi connectivity index (χ3v) is 2.88. The Balaban J connectivity index is 2.82. The lowest BCUT2D eigenvalue weighted by molar-refractivity contribution is -0.206. The van der Waals surface area contributed by atoms with E-state index >= 15 is 0 Å². The molecule has 0 radical (unpaired) electrons. The Hall–Kier alpha value is -0.120. The zero-order valence-corrected chi connectivity index (χ0v) is 7.04. The Morgan fingerprint density at radius 2 is 1.82 bits per heavy atom. The lowest BCUT2D eigenvalue weighted by atomic mass is 9.72. The molecule has 11 heavy (non-hydrogen) atoms. The van der Waals surface area contributed by atoms with Crippen LogP contribution in [0.3, 0.4) is 0 Å². The van der Waals surface area contributed by atoms with Gasteiger partial charge in [-0.25, -0.2) is 0 Å². The van der Waals surface area contributed by atoms with Gasteiger partial charge >= 0.3 is 0 Å². The lowest BCUT2D eigenvalue weighted by Gasteiger charge is -2.45. The number of hydrogen-bond acceptors (Lipinski definition) is 3. The SMILES string of the molecule is CC1(O)CCCC(O)C1(C)O. The Morgan fingerprint density at radius 1 is 1.27 bits per heavy atom. The fourth-order valence-electron chi connectivity index (χ4n) is 1.53. The van der Waals surface area contributed by atoms with Gasteiger partial charge < -0.3 is 15.3 Å². The van der Waals surface area contributed by atoms with Crippen molar-refractivity contribution in [2.45, 2.75) is 50.4 Å². The van der Waals surface area contributed by atoms with Gasteiger partial charge in [0.25, 0.3) is 0 Å². The normalized spacial score (nSPS) is 52.6. The Kier molecular flexibility index (Phi) is 1.99. The van der Waals surface area contributed by atoms with Gasteiger partial charge in [-0.3, -0.25) is 0 Å². The molecule has 0 aromatic heterocycles. The summed E-state index contributed by atoms with van der Waals surface area (Å²) in [6.07, 6.45) is 1.09. The standard InChI is InChI=1S/C8H16O3/c1-7(10)5-3-4-6(9)8(7,2)11/h6,9-11H,3-5H2,1-2H3. The second kappa shape index (κ2) is 2.44. The van der Waals surface area contributed by atoms with E-state index in [2.05, 4.69) is 0 Å². The predicted octanol–water partition coefficient (Wildman–Crippen LogP) is 0.0332. The highest BCUT2D eigenvalue weighted by Gasteiger charge is 2.49. The molecule has 0 amide bonds. The molecular weight excluding hydrogens is 144 g/mol. The summed E-state index contributed by atoms with van der Waals surface area (Å²) in [5.41, 5.74) is -2.50. The Bertz CT molecular complexity index is 151. The Morgan fingerprint density at radius 3 is 2.18 bits per heavy atom. The monoisotopic (exact) mass is 160 g/mol. The molecule has 3 nitrogen and oxygen atoms in total. The summed E-state index contributed by atoms with van der Waals surface area (Å²) in [7, 11) is 0. The Labute approximate surface area is 66.7 Å². The zero-order valence-electron chi connectivity index (χ0n) is 7.04. The molecule has 66 valence electrons. The molecule has 3 atom stereocenters. The molecule has 0 aromatic rings. The second-order valence-corrected chi connectivity index (χ2v) is 3.83. The highest BCUT2D eigenvalue weighted by Crippen LogP contribution is 2.36. The van der Waals surface area contributed by atoms with Crippen molar-refractivity contribution in [1.29, 1.82) is 0 Å². The average Bonchev–Trinajstić information content (AvgIpc) is 1.84. The minimum absolute atomic E-state index is 0.553. The molecular formula is C8H16O3. The molecule has 3 heteroatoms. The highest BCUT2D eigenvalue weighted by molar-refractivity contribution is 5.01. The molecule has 1 fully saturated rings. The fraction of sp³-hybridized carbons (Fsp3) is 1.00. The van der Waals surface area contributed by atoms with Crippen LogP contribution < -0.4 is 0 Å². The smallest absolute Gasteiger partial charge is 0.116 e. The average molecular weight is 160 g/mol. The van der Waals surface area contributed by atoms with Crippen LogP contribution >= 0.6 is 0 Å². The van der Waals surface area contributed by atoms with Gasteiger partial charge in [0.05, 0.1) is 11.7 Å². The van der Waals surface area contributed by atoms with Crippen molar-refractivity contribution in [2.24, 2.45) is 0 Å². The molecule has 0 heterocycles. The van der Waals surface area contributed by atoms with E-state index in [4.69, 9.17) is 0 Å². The molecule has 0 saturated heterocycles. The quantitative estimate of drug-likeness (QED) is 0.468. The third-order valence-electron chi connectivity index (χ3n) is 2.88. The second-order valence-electron chi connectivity index (χ2n) is 3.83. The van der Waals surface area contributed by atoms with Crippen LogP contribution in [0.25, 0.3) is 0 Å². The van der Waals surface area contributed by atoms with E-state index in [1.54, 1.807) is 6.92 Å². The summed E-state index contributed by atoms with van der Waals surface area (Å²) >= 11 is 0. The maximum absolute atomic E-state index is 9.67. The van der Waals surface area contributed by atoms with Crippen LogP contribution in [0.15, 0.2) is 0 Å². The van der Waals surface area contributed by atoms with Gasteiger partial charge in [-0.1, -0.05) is 0 Å². The van der Waals surface area contributed by atoms with Gasteiger partial charge in [0.15, 0.2) is 0 Å². The molecule has 1 saturated carbocycles. The van der Waals surface area contributed by atoms with Gasteiger partial charge in [-0.05, 0) is 33.1 Å². The van der Waals surface area contributed by atoms with Crippen molar-refractivity contribution in [1.82, 2.24) is 0 Å². The third kappa shape index (κ3) is 1.28. The first-order valence-electron chi connectivity index (χ1n) is 4.01. The maximum Gasteiger partial charge on any atom is 0.116 e. The van der Waals surface area contributed by atoms with E-state index in [0.717, 1.165) is 6.42 Å². The van der Waals surface area contributed by atoms with Crippen molar-refractivity contribution in [3.05, 3.63) is 0 Å². The van der Waals surface area contributed by atoms with E-state index in [-0.39, 0.29) is 0 Å². The zero-order chi connectivity index (χ0) is 8.70. The van der Waals surface area contributed by atoms with Crippen LogP contribution in [0.5, 0.6) is 0 Å². The van der Waals surface area contributed by atoms with E-state index < -0.39 is 17.3 Å². The molecule has 3 N–H and O–H groups in total. The molecule has 1 aliphatic rings. The summed E-state index contributed by atoms with van der Waals surface area (Å²) in [5, 5.41) is 28.7.